The summed E-state index contributed by atoms with van der Waals surface area (Å²) in [6, 6.07) is 24.4. The summed E-state index contributed by atoms with van der Waals surface area (Å²) in [4.78, 5) is 2.72. The molecule has 0 atom stereocenters. The van der Waals surface area contributed by atoms with Crippen LogP contribution in [-0.2, 0) is 10.8 Å². The van der Waals surface area contributed by atoms with Crippen molar-refractivity contribution in [2.24, 2.45) is 0 Å². The molecule has 0 fully saturated rings. The summed E-state index contributed by atoms with van der Waals surface area (Å²) in [5.41, 5.74) is 5.92. The van der Waals surface area contributed by atoms with E-state index in [0.717, 1.165) is 0 Å². The number of aryl methyl sites for hydroxylation is 2. The second-order valence-corrected chi connectivity index (χ2v) is 13.3. The van der Waals surface area contributed by atoms with Crippen LogP contribution in [0.4, 0.5) is 0 Å². The third-order valence-electron chi connectivity index (χ3n) is 5.10. The van der Waals surface area contributed by atoms with Crippen molar-refractivity contribution in [1.29, 1.82) is 0 Å². The van der Waals surface area contributed by atoms with E-state index in [9.17, 15) is 0 Å². The van der Waals surface area contributed by atoms with E-state index in [0.29, 0.717) is 0 Å². The van der Waals surface area contributed by atoms with Crippen molar-refractivity contribution in [2.75, 3.05) is 0 Å². The Hall–Kier alpha value is -0.434. The Bertz CT molecular complexity index is 1080. The van der Waals surface area contributed by atoms with E-state index >= 15 is 0 Å². The summed E-state index contributed by atoms with van der Waals surface area (Å²) in [7, 11) is 0. The van der Waals surface area contributed by atoms with Gasteiger partial charge in [0.15, 0.2) is 0 Å². The van der Waals surface area contributed by atoms with Crippen molar-refractivity contribution in [2.45, 2.75) is 66.2 Å². The topological polar surface area (TPSA) is 0 Å². The van der Waals surface area contributed by atoms with Crippen LogP contribution in [0.3, 0.4) is 0 Å². The SMILES string of the molecule is CC(C)(C)c1cc[c-]cc1.Cc1cc(-c2ccc(C(C)(C)C)cc2)cs1.Cc1cc(Br)cs1.[Br-].[Mg+2]. The van der Waals surface area contributed by atoms with Crippen LogP contribution >= 0.6 is 38.6 Å². The first-order valence-electron chi connectivity index (χ1n) is 11.2. The smallest absolute Gasteiger partial charge is 1.00 e. The second kappa shape index (κ2) is 15.7. The molecule has 2 aromatic heterocycles. The predicted molar refractivity (Wildman–Crippen MR) is 160 cm³/mol. The monoisotopic (exact) mass is 642 g/mol. The van der Waals surface area contributed by atoms with Gasteiger partial charge in [0.05, 0.1) is 0 Å². The molecular formula is C30H36Br2MgS2. The normalized spacial score (nSPS) is 10.5. The van der Waals surface area contributed by atoms with Crippen molar-refractivity contribution < 1.29 is 17.0 Å². The fourth-order valence-corrected chi connectivity index (χ4v) is 5.10. The van der Waals surface area contributed by atoms with E-state index in [4.69, 9.17) is 0 Å². The summed E-state index contributed by atoms with van der Waals surface area (Å²) in [6.45, 7) is 17.6. The maximum Gasteiger partial charge on any atom is 2.00 e. The Kier molecular flexibility index (Phi) is 15.5. The number of halogens is 2. The molecule has 0 N–H and O–H groups in total. The van der Waals surface area contributed by atoms with Gasteiger partial charge in [-0.2, -0.15) is 35.9 Å². The van der Waals surface area contributed by atoms with Crippen LogP contribution in [0.15, 0.2) is 75.9 Å². The maximum absolute atomic E-state index is 3.34. The van der Waals surface area contributed by atoms with Crippen LogP contribution < -0.4 is 17.0 Å². The molecule has 0 nitrogen and oxygen atoms in total. The summed E-state index contributed by atoms with van der Waals surface area (Å²) in [5.74, 6) is 0. The molecule has 35 heavy (non-hydrogen) atoms. The first kappa shape index (κ1) is 34.6. The number of benzene rings is 2. The molecule has 0 aliphatic rings. The average molecular weight is 645 g/mol. The summed E-state index contributed by atoms with van der Waals surface area (Å²) >= 11 is 6.91. The Balaban J connectivity index is 0.000000525. The molecule has 0 aliphatic heterocycles. The minimum Gasteiger partial charge on any atom is -1.00 e. The average Bonchev–Trinajstić information content (AvgIpc) is 3.36. The summed E-state index contributed by atoms with van der Waals surface area (Å²) in [5, 5.41) is 4.30. The Morgan fingerprint density at radius 2 is 1.11 bits per heavy atom. The van der Waals surface area contributed by atoms with Gasteiger partial charge in [-0.05, 0) is 74.8 Å². The van der Waals surface area contributed by atoms with Gasteiger partial charge in [-0.1, -0.05) is 65.8 Å². The van der Waals surface area contributed by atoms with Gasteiger partial charge in [-0.3, -0.25) is 0 Å². The summed E-state index contributed by atoms with van der Waals surface area (Å²) < 4.78 is 1.19. The molecule has 0 saturated carbocycles. The molecule has 0 amide bonds. The zero-order chi connectivity index (χ0) is 24.6. The third kappa shape index (κ3) is 12.6. The van der Waals surface area contributed by atoms with Gasteiger partial charge in [-0.25, -0.2) is 0 Å². The van der Waals surface area contributed by atoms with Crippen LogP contribution in [-0.4, -0.2) is 23.1 Å². The van der Waals surface area contributed by atoms with Crippen molar-refractivity contribution >= 4 is 61.7 Å². The van der Waals surface area contributed by atoms with Crippen molar-refractivity contribution in [3.05, 3.63) is 103 Å². The van der Waals surface area contributed by atoms with Crippen molar-refractivity contribution in [3.63, 3.8) is 0 Å². The fourth-order valence-electron chi connectivity index (χ4n) is 3.06. The molecule has 4 rings (SSSR count). The number of hydrogen-bond donors (Lipinski definition) is 0. The molecule has 184 valence electrons. The van der Waals surface area contributed by atoms with Gasteiger partial charge in [-0.15, -0.1) is 22.7 Å². The van der Waals surface area contributed by atoms with Crippen LogP contribution in [0.25, 0.3) is 11.1 Å². The fraction of sp³-hybridized carbons (Fsp3) is 0.333. The first-order valence-corrected chi connectivity index (χ1v) is 13.7. The molecule has 0 saturated heterocycles. The van der Waals surface area contributed by atoms with Crippen LogP contribution in [0.5, 0.6) is 0 Å². The van der Waals surface area contributed by atoms with Crippen molar-refractivity contribution in [1.82, 2.24) is 0 Å². The quantitative estimate of drug-likeness (QED) is 0.151. The second-order valence-electron chi connectivity index (χ2n) is 10.2. The Morgan fingerprint density at radius 1 is 0.657 bits per heavy atom. The molecule has 0 aliphatic carbocycles. The number of hydrogen-bond acceptors (Lipinski definition) is 2. The molecular weight excluding hydrogens is 609 g/mol. The van der Waals surface area contributed by atoms with Crippen LogP contribution in [0.2, 0.25) is 0 Å². The summed E-state index contributed by atoms with van der Waals surface area (Å²) in [6.07, 6.45) is 0. The first-order chi connectivity index (χ1) is 15.4. The molecule has 4 aromatic rings. The van der Waals surface area contributed by atoms with E-state index in [-0.39, 0.29) is 50.9 Å². The van der Waals surface area contributed by atoms with Gasteiger partial charge >= 0.3 is 23.1 Å². The van der Waals surface area contributed by atoms with E-state index in [2.05, 4.69) is 137 Å². The van der Waals surface area contributed by atoms with E-state index in [1.165, 1.54) is 36.5 Å². The number of rotatable bonds is 1. The predicted octanol–water partition coefficient (Wildman–Crippen LogP) is 7.25. The van der Waals surface area contributed by atoms with Gasteiger partial charge in [0.2, 0.25) is 0 Å². The van der Waals surface area contributed by atoms with Gasteiger partial charge in [0, 0.05) is 19.6 Å². The zero-order valence-corrected chi connectivity index (χ0v) is 28.4. The van der Waals surface area contributed by atoms with Crippen LogP contribution in [0, 0.1) is 19.9 Å². The molecule has 0 spiro atoms. The minimum absolute atomic E-state index is 0. The van der Waals surface area contributed by atoms with Crippen molar-refractivity contribution in [3.8, 4) is 11.1 Å². The maximum atomic E-state index is 3.34. The molecule has 0 radical (unpaired) electrons. The molecule has 0 unspecified atom stereocenters. The van der Waals surface area contributed by atoms with Crippen LogP contribution in [0.1, 0.15) is 62.4 Å². The molecule has 2 aromatic carbocycles. The molecule has 2 heterocycles. The Labute approximate surface area is 256 Å². The largest absolute Gasteiger partial charge is 2.00 e. The number of thiophene rings is 2. The Morgan fingerprint density at radius 3 is 1.43 bits per heavy atom. The zero-order valence-electron chi connectivity index (χ0n) is 22.2. The van der Waals surface area contributed by atoms with Gasteiger partial charge in [0.1, 0.15) is 0 Å². The minimum atomic E-state index is 0. The molecule has 0 bridgehead atoms. The van der Waals surface area contributed by atoms with Gasteiger partial charge < -0.3 is 17.0 Å². The van der Waals surface area contributed by atoms with Gasteiger partial charge in [0.25, 0.3) is 0 Å². The third-order valence-corrected chi connectivity index (χ3v) is 7.58. The van der Waals surface area contributed by atoms with E-state index in [1.807, 2.05) is 23.5 Å². The van der Waals surface area contributed by atoms with E-state index < -0.39 is 0 Å². The molecule has 5 heteroatoms. The van der Waals surface area contributed by atoms with E-state index in [1.54, 1.807) is 11.3 Å². The standard InChI is InChI=1S/C15H18S.C10H13.C5H5BrS.BrH.Mg/c1-11-9-13(10-16-11)12-5-7-14(8-6-12)15(2,3)4;1-10(2,3)9-7-5-4-6-8-9;1-4-2-5(6)3-7-4;;/h5-10H,1-4H3;5-8H,1-3H3;2-3H,1H3;1H;/q;-1;;;+2/p-1.